The van der Waals surface area contributed by atoms with Gasteiger partial charge in [-0.3, -0.25) is 0 Å². The highest BCUT2D eigenvalue weighted by Crippen LogP contribution is 1.91. The molecular formula is C7H16O2S. The van der Waals surface area contributed by atoms with E-state index in [0.29, 0.717) is 12.4 Å². The normalized spacial score (nSPS) is 13.5. The average molecular weight is 164 g/mol. The molecule has 0 fully saturated rings. The van der Waals surface area contributed by atoms with Crippen molar-refractivity contribution in [2.24, 2.45) is 0 Å². The Morgan fingerprint density at radius 2 is 2.30 bits per heavy atom. The quantitative estimate of drug-likeness (QED) is 0.454. The van der Waals surface area contributed by atoms with Gasteiger partial charge in [0.1, 0.15) is 0 Å². The molecule has 0 heterocycles. The zero-order chi connectivity index (χ0) is 7.82. The molecule has 1 N–H and O–H groups in total. The SMILES string of the molecule is CCCCOCC(O)CS. The number of aliphatic hydroxyl groups is 1. The van der Waals surface area contributed by atoms with Crippen LogP contribution >= 0.6 is 12.6 Å². The molecule has 1 unspecified atom stereocenters. The van der Waals surface area contributed by atoms with E-state index in [1.54, 1.807) is 0 Å². The Bertz CT molecular complexity index is 68.6. The summed E-state index contributed by atoms with van der Waals surface area (Å²) in [5, 5.41) is 8.96. The minimum atomic E-state index is -0.403. The summed E-state index contributed by atoms with van der Waals surface area (Å²) >= 11 is 3.91. The van der Waals surface area contributed by atoms with E-state index in [2.05, 4.69) is 19.6 Å². The lowest BCUT2D eigenvalue weighted by molar-refractivity contribution is 0.0475. The van der Waals surface area contributed by atoms with Crippen molar-refractivity contribution in [1.82, 2.24) is 0 Å². The zero-order valence-electron chi connectivity index (χ0n) is 6.42. The van der Waals surface area contributed by atoms with Gasteiger partial charge >= 0.3 is 0 Å². The van der Waals surface area contributed by atoms with Gasteiger partial charge in [0.25, 0.3) is 0 Å². The fourth-order valence-electron chi connectivity index (χ4n) is 0.518. The first kappa shape index (κ1) is 10.3. The Kier molecular flexibility index (Phi) is 7.58. The van der Waals surface area contributed by atoms with E-state index in [4.69, 9.17) is 9.84 Å². The number of ether oxygens (including phenoxy) is 1. The molecule has 0 saturated carbocycles. The number of aliphatic hydroxyl groups excluding tert-OH is 1. The van der Waals surface area contributed by atoms with Gasteiger partial charge in [0, 0.05) is 12.4 Å². The molecule has 0 amide bonds. The predicted octanol–water partition coefficient (Wildman–Crippen LogP) is 1.09. The third-order valence-corrected chi connectivity index (χ3v) is 1.58. The average Bonchev–Trinajstić information content (AvgIpc) is 1.98. The first-order chi connectivity index (χ1) is 4.81. The van der Waals surface area contributed by atoms with Crippen molar-refractivity contribution < 1.29 is 9.84 Å². The topological polar surface area (TPSA) is 29.5 Å². The van der Waals surface area contributed by atoms with Crippen molar-refractivity contribution in [3.63, 3.8) is 0 Å². The van der Waals surface area contributed by atoms with E-state index in [1.165, 1.54) is 0 Å². The molecule has 1 atom stereocenters. The smallest absolute Gasteiger partial charge is 0.0861 e. The third kappa shape index (κ3) is 6.39. The van der Waals surface area contributed by atoms with Crippen LogP contribution in [0.1, 0.15) is 19.8 Å². The summed E-state index contributed by atoms with van der Waals surface area (Å²) in [6, 6.07) is 0. The summed E-state index contributed by atoms with van der Waals surface area (Å²) in [5.41, 5.74) is 0. The maximum Gasteiger partial charge on any atom is 0.0861 e. The Labute approximate surface area is 68.0 Å². The van der Waals surface area contributed by atoms with Crippen LogP contribution in [0.5, 0.6) is 0 Å². The van der Waals surface area contributed by atoms with Crippen LogP contribution in [0.4, 0.5) is 0 Å². The van der Waals surface area contributed by atoms with Crippen LogP contribution < -0.4 is 0 Å². The number of thiol groups is 1. The second kappa shape index (κ2) is 7.38. The number of hydrogen-bond acceptors (Lipinski definition) is 3. The van der Waals surface area contributed by atoms with Crippen LogP contribution in [0, 0.1) is 0 Å². The molecule has 0 radical (unpaired) electrons. The minimum absolute atomic E-state index is 0.403. The fourth-order valence-corrected chi connectivity index (χ4v) is 0.624. The largest absolute Gasteiger partial charge is 0.390 e. The highest BCUT2D eigenvalue weighted by Gasteiger charge is 1.98. The Hall–Kier alpha value is 0.270. The summed E-state index contributed by atoms with van der Waals surface area (Å²) in [4.78, 5) is 0. The molecule has 0 aliphatic heterocycles. The monoisotopic (exact) mass is 164 g/mol. The summed E-state index contributed by atoms with van der Waals surface area (Å²) in [5.74, 6) is 0.478. The van der Waals surface area contributed by atoms with Crippen molar-refractivity contribution in [2.75, 3.05) is 19.0 Å². The van der Waals surface area contributed by atoms with Crippen LogP contribution in [0.2, 0.25) is 0 Å². The van der Waals surface area contributed by atoms with E-state index in [9.17, 15) is 0 Å². The zero-order valence-corrected chi connectivity index (χ0v) is 7.31. The van der Waals surface area contributed by atoms with Crippen molar-refractivity contribution in [2.45, 2.75) is 25.9 Å². The van der Waals surface area contributed by atoms with Crippen LogP contribution in [-0.2, 0) is 4.74 Å². The lowest BCUT2D eigenvalue weighted by Gasteiger charge is -2.06. The third-order valence-electron chi connectivity index (χ3n) is 1.16. The van der Waals surface area contributed by atoms with Gasteiger partial charge in [-0.1, -0.05) is 13.3 Å². The number of unbranched alkanes of at least 4 members (excludes halogenated alkanes) is 1. The van der Waals surface area contributed by atoms with E-state index in [1.807, 2.05) is 0 Å². The lowest BCUT2D eigenvalue weighted by Crippen LogP contribution is -2.17. The second-order valence-corrected chi connectivity index (χ2v) is 2.63. The van der Waals surface area contributed by atoms with Crippen molar-refractivity contribution in [3.8, 4) is 0 Å². The van der Waals surface area contributed by atoms with Gasteiger partial charge in [-0.15, -0.1) is 0 Å². The second-order valence-electron chi connectivity index (χ2n) is 2.26. The van der Waals surface area contributed by atoms with Gasteiger partial charge in [-0.2, -0.15) is 12.6 Å². The van der Waals surface area contributed by atoms with Gasteiger partial charge < -0.3 is 9.84 Å². The molecule has 0 aliphatic rings. The van der Waals surface area contributed by atoms with E-state index >= 15 is 0 Å². The summed E-state index contributed by atoms with van der Waals surface area (Å²) in [6.45, 7) is 3.28. The van der Waals surface area contributed by atoms with Crippen LogP contribution in [0.15, 0.2) is 0 Å². The minimum Gasteiger partial charge on any atom is -0.390 e. The lowest BCUT2D eigenvalue weighted by atomic mass is 10.3. The molecular weight excluding hydrogens is 148 g/mol. The molecule has 0 aromatic heterocycles. The van der Waals surface area contributed by atoms with Crippen molar-refractivity contribution >= 4 is 12.6 Å². The van der Waals surface area contributed by atoms with Gasteiger partial charge in [0.2, 0.25) is 0 Å². The molecule has 0 spiro atoms. The molecule has 0 aromatic carbocycles. The van der Waals surface area contributed by atoms with E-state index < -0.39 is 6.10 Å². The molecule has 0 rings (SSSR count). The molecule has 0 saturated heterocycles. The summed E-state index contributed by atoms with van der Waals surface area (Å²) in [7, 11) is 0. The molecule has 62 valence electrons. The first-order valence-corrected chi connectivity index (χ1v) is 4.31. The molecule has 0 aliphatic carbocycles. The summed E-state index contributed by atoms with van der Waals surface area (Å²) < 4.78 is 5.13. The number of hydrogen-bond donors (Lipinski definition) is 2. The molecule has 0 bridgehead atoms. The van der Waals surface area contributed by atoms with E-state index in [-0.39, 0.29) is 0 Å². The molecule has 10 heavy (non-hydrogen) atoms. The maximum absolute atomic E-state index is 8.96. The van der Waals surface area contributed by atoms with Crippen LogP contribution in [0.3, 0.4) is 0 Å². The Morgan fingerprint density at radius 1 is 1.60 bits per heavy atom. The van der Waals surface area contributed by atoms with Crippen LogP contribution in [-0.4, -0.2) is 30.2 Å². The Morgan fingerprint density at radius 3 is 2.80 bits per heavy atom. The first-order valence-electron chi connectivity index (χ1n) is 3.68. The fraction of sp³-hybridized carbons (Fsp3) is 1.00. The molecule has 3 heteroatoms. The maximum atomic E-state index is 8.96. The standard InChI is InChI=1S/C7H16O2S/c1-2-3-4-9-5-7(8)6-10/h7-8,10H,2-6H2,1H3. The molecule has 0 aromatic rings. The Balaban J connectivity index is 2.89. The van der Waals surface area contributed by atoms with Crippen molar-refractivity contribution in [3.05, 3.63) is 0 Å². The van der Waals surface area contributed by atoms with Gasteiger partial charge in [0.05, 0.1) is 12.7 Å². The van der Waals surface area contributed by atoms with Crippen molar-refractivity contribution in [1.29, 1.82) is 0 Å². The highest BCUT2D eigenvalue weighted by atomic mass is 32.1. The highest BCUT2D eigenvalue weighted by molar-refractivity contribution is 7.80. The van der Waals surface area contributed by atoms with Gasteiger partial charge in [-0.05, 0) is 6.42 Å². The molecule has 2 nitrogen and oxygen atoms in total. The van der Waals surface area contributed by atoms with Gasteiger partial charge in [0.15, 0.2) is 0 Å². The summed E-state index contributed by atoms with van der Waals surface area (Å²) in [6.07, 6.45) is 1.80. The van der Waals surface area contributed by atoms with Gasteiger partial charge in [-0.25, -0.2) is 0 Å². The van der Waals surface area contributed by atoms with Crippen LogP contribution in [0.25, 0.3) is 0 Å². The predicted molar refractivity (Wildman–Crippen MR) is 45.6 cm³/mol. The van der Waals surface area contributed by atoms with E-state index in [0.717, 1.165) is 19.4 Å². The number of rotatable bonds is 6.